The fraction of sp³-hybridized carbons (Fsp3) is 0.211. The van der Waals surface area contributed by atoms with Crippen molar-refractivity contribution in [2.75, 3.05) is 13.2 Å². The number of aromatic nitrogens is 6. The van der Waals surface area contributed by atoms with Crippen LogP contribution < -0.4 is 0 Å². The number of ether oxygens (including phenoxy) is 2. The molecule has 0 bridgehead atoms. The third-order valence-corrected chi connectivity index (χ3v) is 10.5. The van der Waals surface area contributed by atoms with E-state index in [-0.39, 0.29) is 24.8 Å². The highest BCUT2D eigenvalue weighted by Gasteiger charge is 2.42. The highest BCUT2D eigenvalue weighted by atomic mass is 33.1. The van der Waals surface area contributed by atoms with Gasteiger partial charge >= 0.3 is 24.3 Å². The van der Waals surface area contributed by atoms with Gasteiger partial charge in [0.1, 0.15) is 11.1 Å². The predicted octanol–water partition coefficient (Wildman–Crippen LogP) is 9.99. The molecule has 56 heavy (non-hydrogen) atoms. The molecule has 290 valence electrons. The lowest BCUT2D eigenvalue weighted by atomic mass is 10.1. The molecule has 4 heterocycles. The van der Waals surface area contributed by atoms with E-state index < -0.39 is 46.8 Å². The molecule has 0 aliphatic heterocycles. The van der Waals surface area contributed by atoms with Gasteiger partial charge in [-0.2, -0.15) is 36.5 Å². The number of carbonyl (C=O) groups is 2. The molecule has 6 rings (SSSR count). The van der Waals surface area contributed by atoms with Crippen LogP contribution in [-0.4, -0.2) is 54.7 Å². The Balaban J connectivity index is 1.35. The number of halogens is 6. The number of esters is 2. The maximum Gasteiger partial charge on any atom is 0.434 e. The van der Waals surface area contributed by atoms with Crippen molar-refractivity contribution in [1.29, 1.82) is 0 Å². The summed E-state index contributed by atoms with van der Waals surface area (Å²) >= 11 is 0. The van der Waals surface area contributed by atoms with E-state index in [0.717, 1.165) is 23.5 Å². The zero-order chi connectivity index (χ0) is 40.4. The molecule has 0 radical (unpaired) electrons. The van der Waals surface area contributed by atoms with E-state index in [9.17, 15) is 35.9 Å². The molecule has 2 aromatic carbocycles. The van der Waals surface area contributed by atoms with Crippen LogP contribution in [0.25, 0.3) is 34.2 Å². The molecule has 0 atom stereocenters. The van der Waals surface area contributed by atoms with Crippen LogP contribution in [0.1, 0.15) is 57.1 Å². The van der Waals surface area contributed by atoms with E-state index in [1.54, 1.807) is 12.1 Å². The fourth-order valence-corrected chi connectivity index (χ4v) is 7.96. The molecule has 0 aliphatic rings. The molecule has 10 nitrogen and oxygen atoms in total. The van der Waals surface area contributed by atoms with Crippen LogP contribution in [0, 0.1) is 13.8 Å². The Morgan fingerprint density at radius 2 is 1.02 bits per heavy atom. The number of nitrogens with zero attached hydrogens (tertiary/aromatic N) is 6. The third kappa shape index (κ3) is 8.45. The number of carbonyl (C=O) groups excluding carboxylic acids is 2. The Hall–Kier alpha value is -5.62. The van der Waals surface area contributed by atoms with Crippen LogP contribution in [0.3, 0.4) is 0 Å². The average molecular weight is 813 g/mol. The minimum Gasteiger partial charge on any atom is -0.462 e. The van der Waals surface area contributed by atoms with Crippen LogP contribution in [-0.2, 0) is 21.8 Å². The van der Waals surface area contributed by atoms with Crippen molar-refractivity contribution >= 4 is 33.5 Å². The SMILES string of the molecule is CCOC(=O)c1cnn(-c2cccc(-c3cc(C)ccc3SSc3ccc(C)cc3-c3cccc(-n4ncc(C(=O)OCC)c4C(F)(F)F)n3)n2)c1C(F)(F)F. The summed E-state index contributed by atoms with van der Waals surface area (Å²) in [5.74, 6) is -2.68. The zero-order valence-corrected chi connectivity index (χ0v) is 31.5. The summed E-state index contributed by atoms with van der Waals surface area (Å²) in [6.07, 6.45) is -8.31. The van der Waals surface area contributed by atoms with Crippen molar-refractivity contribution in [3.05, 3.63) is 119 Å². The smallest absolute Gasteiger partial charge is 0.434 e. The number of aryl methyl sites for hydroxylation is 2. The highest BCUT2D eigenvalue weighted by Crippen LogP contribution is 2.46. The first kappa shape index (κ1) is 40.1. The molecule has 0 saturated heterocycles. The second-order valence-electron chi connectivity index (χ2n) is 12.0. The van der Waals surface area contributed by atoms with Crippen LogP contribution in [0.15, 0.2) is 95.0 Å². The topological polar surface area (TPSA) is 114 Å². The molecular weight excluding hydrogens is 783 g/mol. The van der Waals surface area contributed by atoms with Crippen LogP contribution in [0.4, 0.5) is 26.3 Å². The fourth-order valence-electron chi connectivity index (χ4n) is 5.61. The van der Waals surface area contributed by atoms with E-state index in [1.165, 1.54) is 59.7 Å². The molecule has 4 aromatic heterocycles. The van der Waals surface area contributed by atoms with Crippen molar-refractivity contribution in [2.24, 2.45) is 0 Å². The predicted molar refractivity (Wildman–Crippen MR) is 197 cm³/mol. The first-order valence-corrected chi connectivity index (χ1v) is 18.9. The van der Waals surface area contributed by atoms with Crippen molar-refractivity contribution in [1.82, 2.24) is 29.5 Å². The van der Waals surface area contributed by atoms with Gasteiger partial charge < -0.3 is 9.47 Å². The number of pyridine rings is 2. The lowest BCUT2D eigenvalue weighted by Gasteiger charge is -2.15. The maximum absolute atomic E-state index is 14.3. The summed E-state index contributed by atoms with van der Waals surface area (Å²) in [5, 5.41) is 7.69. The average Bonchev–Trinajstić information content (AvgIpc) is 3.82. The Morgan fingerprint density at radius 1 is 0.625 bits per heavy atom. The van der Waals surface area contributed by atoms with Crippen molar-refractivity contribution in [3.8, 4) is 34.2 Å². The molecule has 0 saturated carbocycles. The summed E-state index contributed by atoms with van der Waals surface area (Å²) in [6, 6.07) is 20.1. The lowest BCUT2D eigenvalue weighted by Crippen LogP contribution is -2.19. The molecule has 0 aliphatic carbocycles. The number of hydrogen-bond donors (Lipinski definition) is 0. The molecule has 18 heteroatoms. The Labute approximate surface area is 323 Å². The minimum absolute atomic E-state index is 0.124. The van der Waals surface area contributed by atoms with Crippen LogP contribution in [0.2, 0.25) is 0 Å². The van der Waals surface area contributed by atoms with Crippen molar-refractivity contribution in [2.45, 2.75) is 49.8 Å². The standard InChI is InChI=1S/C38H30F6N6O4S2/c1-5-53-35(51)25-19-45-49(33(25)37(39,40)41)31-11-7-9-27(47-31)23-17-21(3)13-15-29(23)55-56-30-16-14-22(4)18-24(30)28-10-8-12-32(48-28)50-34(38(42,43)44)26(20-46-50)36(52)54-6-2/h7-20H,5-6H2,1-4H3. The Morgan fingerprint density at radius 3 is 1.38 bits per heavy atom. The quantitative estimate of drug-likeness (QED) is 0.0712. The normalized spacial score (nSPS) is 11.8. The summed E-state index contributed by atoms with van der Waals surface area (Å²) in [7, 11) is 2.65. The summed E-state index contributed by atoms with van der Waals surface area (Å²) in [6.45, 7) is 6.42. The molecule has 6 aromatic rings. The molecule has 0 amide bonds. The summed E-state index contributed by atoms with van der Waals surface area (Å²) in [4.78, 5) is 35.2. The van der Waals surface area contributed by atoms with Gasteiger partial charge in [0.15, 0.2) is 23.0 Å². The lowest BCUT2D eigenvalue weighted by molar-refractivity contribution is -0.144. The van der Waals surface area contributed by atoms with Gasteiger partial charge in [-0.15, -0.1) is 0 Å². The molecule has 0 N–H and O–H groups in total. The van der Waals surface area contributed by atoms with E-state index in [2.05, 4.69) is 20.2 Å². The van der Waals surface area contributed by atoms with Gasteiger partial charge in [-0.3, -0.25) is 0 Å². The van der Waals surface area contributed by atoms with Gasteiger partial charge in [-0.05, 0) is 76.2 Å². The van der Waals surface area contributed by atoms with Gasteiger partial charge in [0.05, 0.1) is 37.0 Å². The zero-order valence-electron chi connectivity index (χ0n) is 29.9. The second kappa shape index (κ2) is 16.2. The molecule has 0 fully saturated rings. The van der Waals surface area contributed by atoms with Crippen LogP contribution in [0.5, 0.6) is 0 Å². The molecular formula is C38H30F6N6O4S2. The van der Waals surface area contributed by atoms with E-state index in [1.807, 2.05) is 50.2 Å². The van der Waals surface area contributed by atoms with Gasteiger partial charge in [-0.1, -0.05) is 57.0 Å². The summed E-state index contributed by atoms with van der Waals surface area (Å²) in [5.41, 5.74) is -0.566. The number of rotatable bonds is 11. The highest BCUT2D eigenvalue weighted by molar-refractivity contribution is 8.76. The first-order valence-electron chi connectivity index (χ1n) is 16.8. The van der Waals surface area contributed by atoms with E-state index in [4.69, 9.17) is 9.47 Å². The number of alkyl halides is 6. The monoisotopic (exact) mass is 812 g/mol. The van der Waals surface area contributed by atoms with E-state index >= 15 is 0 Å². The minimum atomic E-state index is -4.96. The van der Waals surface area contributed by atoms with Gasteiger partial charge in [0, 0.05) is 20.9 Å². The number of hydrogen-bond acceptors (Lipinski definition) is 10. The van der Waals surface area contributed by atoms with Gasteiger partial charge in [0.2, 0.25) is 0 Å². The maximum atomic E-state index is 14.3. The first-order chi connectivity index (χ1) is 26.6. The van der Waals surface area contributed by atoms with Gasteiger partial charge in [-0.25, -0.2) is 28.9 Å². The number of benzene rings is 2. The largest absolute Gasteiger partial charge is 0.462 e. The Kier molecular flexibility index (Phi) is 11.6. The van der Waals surface area contributed by atoms with Crippen molar-refractivity contribution in [3.63, 3.8) is 0 Å². The van der Waals surface area contributed by atoms with Crippen LogP contribution >= 0.6 is 21.6 Å². The van der Waals surface area contributed by atoms with Crippen molar-refractivity contribution < 1.29 is 45.4 Å². The Bertz CT molecular complexity index is 2260. The third-order valence-electron chi connectivity index (χ3n) is 8.01. The molecule has 0 spiro atoms. The van der Waals surface area contributed by atoms with Gasteiger partial charge in [0.25, 0.3) is 0 Å². The summed E-state index contributed by atoms with van der Waals surface area (Å²) < 4.78 is 96.4. The van der Waals surface area contributed by atoms with E-state index in [0.29, 0.717) is 41.7 Å². The molecule has 0 unspecified atom stereocenters. The second-order valence-corrected chi connectivity index (χ2v) is 14.2.